The molecule has 0 fully saturated rings. The van der Waals surface area contributed by atoms with E-state index < -0.39 is 12.4 Å². The molecule has 0 aliphatic carbocycles. The van der Waals surface area contributed by atoms with Crippen molar-refractivity contribution in [2.75, 3.05) is 6.61 Å². The number of pyridine rings is 1. The van der Waals surface area contributed by atoms with Crippen LogP contribution in [0, 0.1) is 0 Å². The molecule has 0 N–H and O–H groups in total. The van der Waals surface area contributed by atoms with E-state index in [4.69, 9.17) is 16.3 Å². The number of nitrogens with zero attached hydrogens (tertiary/aromatic N) is 1. The molecule has 0 aromatic carbocycles. The molecule has 0 unspecified atom stereocenters. The van der Waals surface area contributed by atoms with Crippen LogP contribution in [0.25, 0.3) is 0 Å². The first kappa shape index (κ1) is 13.8. The van der Waals surface area contributed by atoms with E-state index >= 15 is 0 Å². The average Bonchev–Trinajstić information content (AvgIpc) is 2.28. The summed E-state index contributed by atoms with van der Waals surface area (Å²) in [4.78, 5) is 15.1. The maximum Gasteiger partial charge on any atom is 0.311 e. The van der Waals surface area contributed by atoms with Gasteiger partial charge in [-0.25, -0.2) is 8.78 Å². The van der Waals surface area contributed by atoms with E-state index in [1.165, 1.54) is 12.1 Å². The number of hydrogen-bond acceptors (Lipinski definition) is 3. The van der Waals surface area contributed by atoms with Crippen LogP contribution < -0.4 is 0 Å². The number of halogens is 3. The second kappa shape index (κ2) is 6.49. The molecule has 1 aromatic heterocycles. The Kier molecular flexibility index (Phi) is 5.28. The number of carbonyl (C=O) groups excluding carboxylic acids is 1. The summed E-state index contributed by atoms with van der Waals surface area (Å²) in [5.74, 6) is -0.554. The van der Waals surface area contributed by atoms with Crippen LogP contribution in [0.1, 0.15) is 30.3 Å². The minimum atomic E-state index is -2.62. The van der Waals surface area contributed by atoms with Gasteiger partial charge in [0.25, 0.3) is 6.43 Å². The van der Waals surface area contributed by atoms with E-state index in [1.807, 2.05) is 0 Å². The van der Waals surface area contributed by atoms with Gasteiger partial charge >= 0.3 is 5.97 Å². The normalized spacial score (nSPS) is 10.6. The number of rotatable bonds is 5. The van der Waals surface area contributed by atoms with Gasteiger partial charge in [-0.3, -0.25) is 9.78 Å². The van der Waals surface area contributed by atoms with Crippen molar-refractivity contribution in [2.45, 2.75) is 25.7 Å². The van der Waals surface area contributed by atoms with Crippen LogP contribution in [0.15, 0.2) is 12.1 Å². The zero-order valence-corrected chi connectivity index (χ0v) is 10.0. The highest BCUT2D eigenvalue weighted by Crippen LogP contribution is 2.23. The molecule has 0 saturated heterocycles. The molecule has 1 rings (SSSR count). The summed E-state index contributed by atoms with van der Waals surface area (Å²) >= 11 is 5.53. The molecule has 1 heterocycles. The Bertz CT molecular complexity index is 399. The Morgan fingerprint density at radius 2 is 2.24 bits per heavy atom. The van der Waals surface area contributed by atoms with Gasteiger partial charge in [0.2, 0.25) is 0 Å². The first-order chi connectivity index (χ1) is 8.08. The number of aromatic nitrogens is 1. The van der Waals surface area contributed by atoms with Crippen LogP contribution in [0.3, 0.4) is 0 Å². The molecule has 0 atom stereocenters. The van der Waals surface area contributed by atoms with Gasteiger partial charge < -0.3 is 4.74 Å². The van der Waals surface area contributed by atoms with Gasteiger partial charge in [0.05, 0.1) is 30.3 Å². The van der Waals surface area contributed by atoms with Crippen LogP contribution >= 0.6 is 11.6 Å². The fraction of sp³-hybridized carbons (Fsp3) is 0.455. The molecular formula is C11H12ClF2NO2. The zero-order valence-electron chi connectivity index (χ0n) is 9.25. The second-order valence-electron chi connectivity index (χ2n) is 3.25. The van der Waals surface area contributed by atoms with Crippen molar-refractivity contribution >= 4 is 17.6 Å². The summed E-state index contributed by atoms with van der Waals surface area (Å²) < 4.78 is 29.8. The van der Waals surface area contributed by atoms with Gasteiger partial charge in [0, 0.05) is 5.56 Å². The van der Waals surface area contributed by atoms with Gasteiger partial charge in [0.1, 0.15) is 0 Å². The summed E-state index contributed by atoms with van der Waals surface area (Å²) in [6.45, 7) is 1.96. The molecule has 0 aliphatic rings. The summed E-state index contributed by atoms with van der Waals surface area (Å²) in [6.07, 6.45) is -2.66. The summed E-state index contributed by atoms with van der Waals surface area (Å²) in [6, 6.07) is 2.62. The molecule has 0 saturated carbocycles. The van der Waals surface area contributed by atoms with Gasteiger partial charge in [0.15, 0.2) is 0 Å². The predicted molar refractivity (Wildman–Crippen MR) is 59.1 cm³/mol. The third-order valence-electron chi connectivity index (χ3n) is 2.06. The number of alkyl halides is 3. The second-order valence-corrected chi connectivity index (χ2v) is 3.52. The highest BCUT2D eigenvalue weighted by atomic mass is 35.5. The SMILES string of the molecule is CCOC(=O)Cc1ccc(C(F)F)c(CCl)n1. The van der Waals surface area contributed by atoms with Crippen molar-refractivity contribution in [2.24, 2.45) is 0 Å². The summed E-state index contributed by atoms with van der Waals surface area (Å²) in [5, 5.41) is 0. The summed E-state index contributed by atoms with van der Waals surface area (Å²) in [5.41, 5.74) is 0.277. The Hall–Kier alpha value is -1.23. The minimum Gasteiger partial charge on any atom is -0.466 e. The minimum absolute atomic E-state index is 0.0404. The lowest BCUT2D eigenvalue weighted by atomic mass is 10.1. The van der Waals surface area contributed by atoms with E-state index in [9.17, 15) is 13.6 Å². The highest BCUT2D eigenvalue weighted by molar-refractivity contribution is 6.17. The van der Waals surface area contributed by atoms with E-state index in [2.05, 4.69) is 4.98 Å². The molecule has 0 amide bonds. The monoisotopic (exact) mass is 263 g/mol. The predicted octanol–water partition coefficient (Wildman–Crippen LogP) is 2.86. The van der Waals surface area contributed by atoms with Crippen molar-refractivity contribution in [3.05, 3.63) is 29.1 Å². The molecule has 0 spiro atoms. The van der Waals surface area contributed by atoms with E-state index in [0.29, 0.717) is 5.69 Å². The van der Waals surface area contributed by atoms with Crippen molar-refractivity contribution in [3.8, 4) is 0 Å². The van der Waals surface area contributed by atoms with Crippen molar-refractivity contribution in [1.29, 1.82) is 0 Å². The van der Waals surface area contributed by atoms with Gasteiger partial charge in [-0.2, -0.15) is 0 Å². The lowest BCUT2D eigenvalue weighted by Crippen LogP contribution is -2.10. The molecule has 17 heavy (non-hydrogen) atoms. The fourth-order valence-corrected chi connectivity index (χ4v) is 1.54. The Morgan fingerprint density at radius 1 is 1.53 bits per heavy atom. The highest BCUT2D eigenvalue weighted by Gasteiger charge is 2.15. The van der Waals surface area contributed by atoms with Crippen molar-refractivity contribution in [3.63, 3.8) is 0 Å². The molecular weight excluding hydrogens is 252 g/mol. The lowest BCUT2D eigenvalue weighted by Gasteiger charge is -2.07. The Labute approximate surface area is 103 Å². The maximum atomic E-state index is 12.5. The van der Waals surface area contributed by atoms with Crippen LogP contribution in [0.5, 0.6) is 0 Å². The molecule has 0 bridgehead atoms. The van der Waals surface area contributed by atoms with E-state index in [1.54, 1.807) is 6.92 Å². The quantitative estimate of drug-likeness (QED) is 0.606. The maximum absolute atomic E-state index is 12.5. The van der Waals surface area contributed by atoms with Gasteiger partial charge in [-0.1, -0.05) is 0 Å². The molecule has 6 heteroatoms. The molecule has 0 radical (unpaired) electrons. The van der Waals surface area contributed by atoms with Gasteiger partial charge in [-0.15, -0.1) is 11.6 Å². The van der Waals surface area contributed by atoms with Crippen LogP contribution in [-0.2, 0) is 21.8 Å². The number of esters is 1. The third kappa shape index (κ3) is 3.93. The largest absolute Gasteiger partial charge is 0.466 e. The van der Waals surface area contributed by atoms with E-state index in [-0.39, 0.29) is 30.2 Å². The van der Waals surface area contributed by atoms with Crippen molar-refractivity contribution in [1.82, 2.24) is 4.98 Å². The number of hydrogen-bond donors (Lipinski definition) is 0. The first-order valence-corrected chi connectivity index (χ1v) is 5.60. The Morgan fingerprint density at radius 3 is 2.76 bits per heavy atom. The van der Waals surface area contributed by atoms with Crippen LogP contribution in [0.4, 0.5) is 8.78 Å². The molecule has 0 aliphatic heterocycles. The van der Waals surface area contributed by atoms with Gasteiger partial charge in [-0.05, 0) is 19.1 Å². The molecule has 94 valence electrons. The fourth-order valence-electron chi connectivity index (χ4n) is 1.32. The van der Waals surface area contributed by atoms with Crippen LogP contribution in [0.2, 0.25) is 0 Å². The smallest absolute Gasteiger partial charge is 0.311 e. The number of carbonyl (C=O) groups is 1. The molecule has 3 nitrogen and oxygen atoms in total. The summed E-state index contributed by atoms with van der Waals surface area (Å²) in [7, 11) is 0. The van der Waals surface area contributed by atoms with E-state index in [0.717, 1.165) is 0 Å². The standard InChI is InChI=1S/C11H12ClF2NO2/c1-2-17-10(16)5-7-3-4-8(11(13)14)9(6-12)15-7/h3-4,11H,2,5-6H2,1H3. The molecule has 1 aromatic rings. The zero-order chi connectivity index (χ0) is 12.8. The average molecular weight is 264 g/mol. The topological polar surface area (TPSA) is 39.2 Å². The first-order valence-electron chi connectivity index (χ1n) is 5.06. The van der Waals surface area contributed by atoms with Crippen molar-refractivity contribution < 1.29 is 18.3 Å². The van der Waals surface area contributed by atoms with Crippen LogP contribution in [-0.4, -0.2) is 17.6 Å². The Balaban J connectivity index is 2.86. The lowest BCUT2D eigenvalue weighted by molar-refractivity contribution is -0.142. The third-order valence-corrected chi connectivity index (χ3v) is 2.31. The number of ether oxygens (including phenoxy) is 1.